The van der Waals surface area contributed by atoms with Gasteiger partial charge in [-0.1, -0.05) is 18.2 Å². The van der Waals surface area contributed by atoms with Crippen LogP contribution in [0.25, 0.3) is 0 Å². The molecule has 8 heteroatoms. The van der Waals surface area contributed by atoms with Gasteiger partial charge in [0.1, 0.15) is 5.82 Å². The highest BCUT2D eigenvalue weighted by Gasteiger charge is 2.06. The van der Waals surface area contributed by atoms with E-state index in [0.29, 0.717) is 24.6 Å². The molecule has 2 aromatic carbocycles. The number of thioether (sulfide) groups is 1. The van der Waals surface area contributed by atoms with Gasteiger partial charge in [0.15, 0.2) is 5.96 Å². The second-order valence-electron chi connectivity index (χ2n) is 5.69. The third kappa shape index (κ3) is 7.37. The number of carbonyl (C=O) groups excluding carboxylic acids is 1. The molecule has 0 saturated carbocycles. The zero-order chi connectivity index (χ0) is 18.9. The topological polar surface area (TPSA) is 79.5 Å². The number of hydrogen-bond donors (Lipinski definition) is 3. The fraction of sp³-hybridized carbons (Fsp3) is 0.263. The fourth-order valence-corrected chi connectivity index (χ4v) is 3.06. The monoisotopic (exact) mass is 502 g/mol. The molecule has 0 saturated heterocycles. The summed E-state index contributed by atoms with van der Waals surface area (Å²) in [5.41, 5.74) is 8.69. The van der Waals surface area contributed by atoms with E-state index < -0.39 is 5.91 Å². The molecule has 0 spiro atoms. The third-order valence-corrected chi connectivity index (χ3v) is 4.41. The van der Waals surface area contributed by atoms with Crippen molar-refractivity contribution >= 4 is 47.6 Å². The van der Waals surface area contributed by atoms with Crippen LogP contribution in [-0.4, -0.2) is 25.2 Å². The molecule has 0 unspecified atom stereocenters. The first-order valence-corrected chi connectivity index (χ1v) is 9.52. The van der Waals surface area contributed by atoms with Gasteiger partial charge in [-0.15, -0.1) is 24.0 Å². The van der Waals surface area contributed by atoms with Gasteiger partial charge in [0, 0.05) is 31.5 Å². The smallest absolute Gasteiger partial charge is 0.248 e. The largest absolute Gasteiger partial charge is 0.366 e. The number of nitrogens with one attached hydrogen (secondary N) is 2. The van der Waals surface area contributed by atoms with E-state index in [2.05, 4.69) is 15.6 Å². The summed E-state index contributed by atoms with van der Waals surface area (Å²) < 4.78 is 13.4. The molecule has 0 heterocycles. The van der Waals surface area contributed by atoms with Crippen LogP contribution in [0.15, 0.2) is 47.5 Å². The minimum atomic E-state index is -0.452. The number of guanidine groups is 1. The van der Waals surface area contributed by atoms with E-state index in [1.54, 1.807) is 49.1 Å². The van der Waals surface area contributed by atoms with E-state index >= 15 is 0 Å². The van der Waals surface area contributed by atoms with Crippen molar-refractivity contribution < 1.29 is 9.18 Å². The van der Waals surface area contributed by atoms with Crippen molar-refractivity contribution in [1.82, 2.24) is 10.6 Å². The summed E-state index contributed by atoms with van der Waals surface area (Å²) in [6.07, 6.45) is 1.99. The normalized spacial score (nSPS) is 10.9. The molecule has 0 aliphatic heterocycles. The zero-order valence-corrected chi connectivity index (χ0v) is 18.4. The summed E-state index contributed by atoms with van der Waals surface area (Å²) in [5, 5.41) is 6.42. The lowest BCUT2D eigenvalue weighted by Crippen LogP contribution is -2.36. The van der Waals surface area contributed by atoms with E-state index in [9.17, 15) is 9.18 Å². The Bertz CT molecular complexity index is 801. The van der Waals surface area contributed by atoms with Crippen molar-refractivity contribution in [2.75, 3.05) is 13.3 Å². The zero-order valence-electron chi connectivity index (χ0n) is 15.3. The molecule has 2 aromatic rings. The number of benzene rings is 2. The fourth-order valence-electron chi connectivity index (χ4n) is 2.48. The highest BCUT2D eigenvalue weighted by molar-refractivity contribution is 14.0. The van der Waals surface area contributed by atoms with Crippen LogP contribution in [0.3, 0.4) is 0 Å². The van der Waals surface area contributed by atoms with E-state index in [1.807, 2.05) is 12.3 Å². The van der Waals surface area contributed by atoms with E-state index in [1.165, 1.54) is 6.07 Å². The second-order valence-corrected chi connectivity index (χ2v) is 6.56. The van der Waals surface area contributed by atoms with Gasteiger partial charge in [-0.2, -0.15) is 11.8 Å². The number of amides is 1. The lowest BCUT2D eigenvalue weighted by molar-refractivity contribution is 0.1000. The van der Waals surface area contributed by atoms with Crippen LogP contribution in [0.1, 0.15) is 27.0 Å². The maximum Gasteiger partial charge on any atom is 0.248 e. The lowest BCUT2D eigenvalue weighted by Gasteiger charge is -2.14. The second kappa shape index (κ2) is 11.8. The SMILES string of the molecule is CN=C(NCc1cccc(C(N)=O)c1)NCc1ccc(F)cc1CSC.I. The van der Waals surface area contributed by atoms with Gasteiger partial charge in [-0.25, -0.2) is 4.39 Å². The van der Waals surface area contributed by atoms with Crippen molar-refractivity contribution in [1.29, 1.82) is 0 Å². The molecule has 0 fully saturated rings. The first-order chi connectivity index (χ1) is 12.5. The van der Waals surface area contributed by atoms with Crippen LogP contribution < -0.4 is 16.4 Å². The van der Waals surface area contributed by atoms with Gasteiger partial charge in [-0.3, -0.25) is 9.79 Å². The van der Waals surface area contributed by atoms with Crippen LogP contribution >= 0.6 is 35.7 Å². The van der Waals surface area contributed by atoms with Crippen LogP contribution in [0.2, 0.25) is 0 Å². The first-order valence-electron chi connectivity index (χ1n) is 8.13. The molecular formula is C19H24FIN4OS. The van der Waals surface area contributed by atoms with E-state index in [0.717, 1.165) is 22.4 Å². The Morgan fingerprint density at radius 3 is 2.56 bits per heavy atom. The van der Waals surface area contributed by atoms with Gasteiger partial charge in [0.2, 0.25) is 5.91 Å². The summed E-state index contributed by atoms with van der Waals surface area (Å²) >= 11 is 1.65. The maximum absolute atomic E-state index is 13.4. The maximum atomic E-state index is 13.4. The molecule has 0 aromatic heterocycles. The van der Waals surface area contributed by atoms with Crippen molar-refractivity contribution in [3.63, 3.8) is 0 Å². The van der Waals surface area contributed by atoms with E-state index in [4.69, 9.17) is 5.73 Å². The van der Waals surface area contributed by atoms with Crippen molar-refractivity contribution in [3.05, 3.63) is 70.5 Å². The molecule has 27 heavy (non-hydrogen) atoms. The minimum absolute atomic E-state index is 0. The number of rotatable bonds is 7. The average molecular weight is 502 g/mol. The van der Waals surface area contributed by atoms with E-state index in [-0.39, 0.29) is 29.8 Å². The quantitative estimate of drug-likeness (QED) is 0.309. The number of nitrogens with two attached hydrogens (primary N) is 1. The Balaban J connectivity index is 0.00000364. The van der Waals surface area contributed by atoms with Crippen LogP contribution in [0.4, 0.5) is 4.39 Å². The predicted octanol–water partition coefficient (Wildman–Crippen LogP) is 3.27. The molecule has 146 valence electrons. The number of nitrogens with zero attached hydrogens (tertiary/aromatic N) is 1. The molecule has 0 radical (unpaired) electrons. The van der Waals surface area contributed by atoms with Crippen molar-refractivity contribution in [3.8, 4) is 0 Å². The molecule has 5 nitrogen and oxygen atoms in total. The van der Waals surface area contributed by atoms with Crippen molar-refractivity contribution in [2.45, 2.75) is 18.8 Å². The van der Waals surface area contributed by atoms with Crippen LogP contribution in [0, 0.1) is 5.82 Å². The summed E-state index contributed by atoms with van der Waals surface area (Å²) in [6, 6.07) is 12.0. The molecule has 0 aliphatic carbocycles. The summed E-state index contributed by atoms with van der Waals surface area (Å²) in [5.74, 6) is 0.691. The lowest BCUT2D eigenvalue weighted by atomic mass is 10.1. The molecule has 2 rings (SSSR count). The highest BCUT2D eigenvalue weighted by atomic mass is 127. The number of halogens is 2. The molecule has 1 amide bonds. The Kier molecular flexibility index (Phi) is 10.2. The van der Waals surface area contributed by atoms with Gasteiger partial charge >= 0.3 is 0 Å². The minimum Gasteiger partial charge on any atom is -0.366 e. The van der Waals surface area contributed by atoms with Crippen LogP contribution in [0.5, 0.6) is 0 Å². The molecule has 0 bridgehead atoms. The number of carbonyl (C=O) groups is 1. The molecular weight excluding hydrogens is 478 g/mol. The third-order valence-electron chi connectivity index (χ3n) is 3.81. The predicted molar refractivity (Wildman–Crippen MR) is 121 cm³/mol. The van der Waals surface area contributed by atoms with Crippen molar-refractivity contribution in [2.24, 2.45) is 10.7 Å². The van der Waals surface area contributed by atoms with Gasteiger partial charge < -0.3 is 16.4 Å². The standard InChI is InChI=1S/C19H23FN4OS.HI/c1-22-19(23-10-13-4-3-5-14(8-13)18(21)25)24-11-15-6-7-17(20)9-16(15)12-26-2;/h3-9H,10-12H2,1-2H3,(H2,21,25)(H2,22,23,24);1H. The first kappa shape index (κ1) is 23.2. The molecule has 4 N–H and O–H groups in total. The summed E-state index contributed by atoms with van der Waals surface area (Å²) in [4.78, 5) is 15.4. The highest BCUT2D eigenvalue weighted by Crippen LogP contribution is 2.16. The van der Waals surface area contributed by atoms with Gasteiger partial charge in [0.05, 0.1) is 0 Å². The average Bonchev–Trinajstić information content (AvgIpc) is 2.63. The Labute approximate surface area is 180 Å². The van der Waals surface area contributed by atoms with Gasteiger partial charge in [0.25, 0.3) is 0 Å². The molecule has 0 atom stereocenters. The Hall–Kier alpha value is -1.81. The number of primary amides is 1. The summed E-state index contributed by atoms with van der Waals surface area (Å²) in [7, 11) is 1.68. The Morgan fingerprint density at radius 2 is 1.89 bits per heavy atom. The summed E-state index contributed by atoms with van der Waals surface area (Å²) in [6.45, 7) is 1.04. The number of aliphatic imine (C=N–C) groups is 1. The molecule has 0 aliphatic rings. The van der Waals surface area contributed by atoms with Gasteiger partial charge in [-0.05, 0) is 47.2 Å². The van der Waals surface area contributed by atoms with Crippen LogP contribution in [-0.2, 0) is 18.8 Å². The number of hydrogen-bond acceptors (Lipinski definition) is 3. The Morgan fingerprint density at radius 1 is 1.15 bits per heavy atom.